The number of hydrogen-bond acceptors (Lipinski definition) is 5. The van der Waals surface area contributed by atoms with Crippen molar-refractivity contribution in [1.29, 1.82) is 0 Å². The summed E-state index contributed by atoms with van der Waals surface area (Å²) < 4.78 is 22.3. The number of ether oxygens (including phenoxy) is 3. The zero-order valence-corrected chi connectivity index (χ0v) is 21.0. The molecule has 1 aromatic rings. The maximum absolute atomic E-state index is 11.9. The highest BCUT2D eigenvalue weighted by Gasteiger charge is 2.39. The summed E-state index contributed by atoms with van der Waals surface area (Å²) in [5, 5.41) is 0.0988. The van der Waals surface area contributed by atoms with Crippen molar-refractivity contribution in [3.63, 3.8) is 0 Å². The average Bonchev–Trinajstić information content (AvgIpc) is 2.68. The number of methoxy groups -OCH3 is 2. The monoisotopic (exact) mass is 436 g/mol. The maximum Gasteiger partial charge on any atom is 0.308 e. The van der Waals surface area contributed by atoms with Gasteiger partial charge in [-0.05, 0) is 55.6 Å². The fourth-order valence-electron chi connectivity index (χ4n) is 2.66. The molecule has 0 unspecified atom stereocenters. The summed E-state index contributed by atoms with van der Waals surface area (Å²) >= 11 is 0. The van der Waals surface area contributed by atoms with Crippen LogP contribution in [-0.4, -0.2) is 41.2 Å². The zero-order chi connectivity index (χ0) is 22.8. The molecule has 0 aromatic heterocycles. The van der Waals surface area contributed by atoms with E-state index in [1.807, 2.05) is 24.3 Å². The molecule has 0 bridgehead atoms. The average molecular weight is 437 g/mol. The molecule has 0 saturated carbocycles. The van der Waals surface area contributed by atoms with Crippen LogP contribution < -0.4 is 4.74 Å². The molecule has 0 spiro atoms. The molecular weight excluding hydrogens is 396 g/mol. The van der Waals surface area contributed by atoms with Crippen LogP contribution in [0.4, 0.5) is 0 Å². The molecule has 1 aromatic carbocycles. The molecular formula is C24H40O5Si. The van der Waals surface area contributed by atoms with E-state index in [2.05, 4.69) is 46.9 Å². The minimum atomic E-state index is -1.96. The topological polar surface area (TPSA) is 54.0 Å². The molecule has 6 heteroatoms. The maximum atomic E-state index is 11.9. The molecule has 0 aliphatic heterocycles. The van der Waals surface area contributed by atoms with Gasteiger partial charge in [0.25, 0.3) is 0 Å². The largest absolute Gasteiger partial charge is 0.497 e. The van der Waals surface area contributed by atoms with E-state index in [0.29, 0.717) is 19.6 Å². The van der Waals surface area contributed by atoms with Gasteiger partial charge in [-0.3, -0.25) is 4.79 Å². The molecule has 1 rings (SSSR count). The van der Waals surface area contributed by atoms with E-state index < -0.39 is 8.32 Å². The number of carbonyl (C=O) groups excluding carboxylic acids is 1. The highest BCUT2D eigenvalue weighted by Crippen LogP contribution is 2.38. The fraction of sp³-hybridized carbons (Fsp3) is 0.625. The minimum Gasteiger partial charge on any atom is -0.497 e. The number of rotatable bonds is 12. The van der Waals surface area contributed by atoms with Crippen LogP contribution in [0.5, 0.6) is 5.75 Å². The minimum absolute atomic E-state index is 0.0988. The Kier molecular flexibility index (Phi) is 10.8. The van der Waals surface area contributed by atoms with Gasteiger partial charge in [0.2, 0.25) is 0 Å². The van der Waals surface area contributed by atoms with Crippen LogP contribution in [0.25, 0.3) is 0 Å². The first-order valence-electron chi connectivity index (χ1n) is 10.6. The number of allylic oxidation sites excluding steroid dienone is 1. The second-order valence-electron chi connectivity index (χ2n) is 9.23. The quantitative estimate of drug-likeness (QED) is 0.177. The van der Waals surface area contributed by atoms with Gasteiger partial charge in [0.05, 0.1) is 40.0 Å². The lowest BCUT2D eigenvalue weighted by Crippen LogP contribution is -2.44. The van der Waals surface area contributed by atoms with E-state index in [1.165, 1.54) is 12.7 Å². The van der Waals surface area contributed by atoms with Gasteiger partial charge in [-0.25, -0.2) is 0 Å². The highest BCUT2D eigenvalue weighted by atomic mass is 28.4. The predicted octanol–water partition coefficient (Wildman–Crippen LogP) is 5.89. The highest BCUT2D eigenvalue weighted by molar-refractivity contribution is 6.74. The summed E-state index contributed by atoms with van der Waals surface area (Å²) in [5.74, 6) is 0.624. The molecule has 0 N–H and O–H groups in total. The van der Waals surface area contributed by atoms with Crippen LogP contribution >= 0.6 is 0 Å². The van der Waals surface area contributed by atoms with Crippen molar-refractivity contribution in [2.45, 2.75) is 77.8 Å². The zero-order valence-electron chi connectivity index (χ0n) is 20.0. The second kappa shape index (κ2) is 12.3. The first-order chi connectivity index (χ1) is 14.0. The summed E-state index contributed by atoms with van der Waals surface area (Å²) in [6.45, 7) is 14.3. The van der Waals surface area contributed by atoms with E-state index in [0.717, 1.165) is 24.2 Å². The lowest BCUT2D eigenvalue weighted by atomic mass is 10.1. The van der Waals surface area contributed by atoms with Gasteiger partial charge in [0.1, 0.15) is 5.75 Å². The van der Waals surface area contributed by atoms with Crippen molar-refractivity contribution >= 4 is 14.3 Å². The van der Waals surface area contributed by atoms with Gasteiger partial charge in [0, 0.05) is 0 Å². The molecule has 0 heterocycles. The van der Waals surface area contributed by atoms with E-state index in [9.17, 15) is 4.79 Å². The Bertz CT molecular complexity index is 674. The van der Waals surface area contributed by atoms with E-state index in [4.69, 9.17) is 18.6 Å². The lowest BCUT2D eigenvalue weighted by Gasteiger charge is -2.39. The summed E-state index contributed by atoms with van der Waals surface area (Å²) in [5.41, 5.74) is 2.35. The standard InChI is InChI=1S/C24H40O5Si/c1-19(15-16-28-18-20-10-13-21(26-5)14-11-20)9-12-22(17-23(25)27-6)29-30(7,8)24(2,3)4/h10-11,13-15,22H,9,12,16-18H2,1-8H3/t22-/m1/s1. The molecule has 0 fully saturated rings. The van der Waals surface area contributed by atoms with Gasteiger partial charge in [-0.15, -0.1) is 0 Å². The van der Waals surface area contributed by atoms with Crippen LogP contribution in [0.3, 0.4) is 0 Å². The molecule has 0 saturated heterocycles. The first kappa shape index (κ1) is 26.4. The predicted molar refractivity (Wildman–Crippen MR) is 124 cm³/mol. The third-order valence-corrected chi connectivity index (χ3v) is 10.3. The number of benzene rings is 1. The molecule has 0 aliphatic rings. The van der Waals surface area contributed by atoms with Crippen molar-refractivity contribution in [3.8, 4) is 5.75 Å². The Morgan fingerprint density at radius 3 is 2.30 bits per heavy atom. The molecule has 0 amide bonds. The van der Waals surface area contributed by atoms with Crippen molar-refractivity contribution < 1.29 is 23.4 Å². The van der Waals surface area contributed by atoms with Crippen LogP contribution in [-0.2, 0) is 25.3 Å². The number of hydrogen-bond donors (Lipinski definition) is 0. The van der Waals surface area contributed by atoms with Crippen LogP contribution in [0.2, 0.25) is 18.1 Å². The Balaban J connectivity index is 2.54. The third kappa shape index (κ3) is 9.45. The molecule has 170 valence electrons. The van der Waals surface area contributed by atoms with Crippen LogP contribution in [0.1, 0.15) is 52.5 Å². The second-order valence-corrected chi connectivity index (χ2v) is 14.0. The van der Waals surface area contributed by atoms with Crippen molar-refractivity contribution in [2.24, 2.45) is 0 Å². The summed E-state index contributed by atoms with van der Waals surface area (Å²) in [6, 6.07) is 7.88. The fourth-order valence-corrected chi connectivity index (χ4v) is 4.04. The van der Waals surface area contributed by atoms with Crippen molar-refractivity contribution in [3.05, 3.63) is 41.5 Å². The summed E-state index contributed by atoms with van der Waals surface area (Å²) in [4.78, 5) is 11.9. The van der Waals surface area contributed by atoms with E-state index in [1.54, 1.807) is 7.11 Å². The van der Waals surface area contributed by atoms with E-state index in [-0.39, 0.29) is 17.1 Å². The van der Waals surface area contributed by atoms with Gasteiger partial charge < -0.3 is 18.6 Å². The van der Waals surface area contributed by atoms with E-state index >= 15 is 0 Å². The summed E-state index contributed by atoms with van der Waals surface area (Å²) in [6.07, 6.45) is 3.93. The van der Waals surface area contributed by atoms with Gasteiger partial charge in [0.15, 0.2) is 8.32 Å². The molecule has 0 radical (unpaired) electrons. The Morgan fingerprint density at radius 2 is 1.77 bits per heavy atom. The normalized spacial score (nSPS) is 13.8. The van der Waals surface area contributed by atoms with Crippen molar-refractivity contribution in [1.82, 2.24) is 0 Å². The Hall–Kier alpha value is -1.63. The number of esters is 1. The van der Waals surface area contributed by atoms with Gasteiger partial charge in [-0.1, -0.05) is 44.6 Å². The smallest absolute Gasteiger partial charge is 0.308 e. The molecule has 30 heavy (non-hydrogen) atoms. The SMILES string of the molecule is COC(=O)C[C@@H](CCC(C)=CCOCc1ccc(OC)cc1)O[Si](C)(C)C(C)(C)C. The lowest BCUT2D eigenvalue weighted by molar-refractivity contribution is -0.142. The van der Waals surface area contributed by atoms with Gasteiger partial charge in [-0.2, -0.15) is 0 Å². The molecule has 0 aliphatic carbocycles. The van der Waals surface area contributed by atoms with Crippen LogP contribution in [0.15, 0.2) is 35.9 Å². The molecule has 1 atom stereocenters. The van der Waals surface area contributed by atoms with Crippen LogP contribution in [0, 0.1) is 0 Å². The Morgan fingerprint density at radius 1 is 1.13 bits per heavy atom. The first-order valence-corrected chi connectivity index (χ1v) is 13.5. The Labute approximate surface area is 183 Å². The number of carbonyl (C=O) groups is 1. The molecule has 5 nitrogen and oxygen atoms in total. The summed E-state index contributed by atoms with van der Waals surface area (Å²) in [7, 11) is 1.13. The van der Waals surface area contributed by atoms with Crippen molar-refractivity contribution in [2.75, 3.05) is 20.8 Å². The third-order valence-electron chi connectivity index (χ3n) is 5.73. The van der Waals surface area contributed by atoms with Gasteiger partial charge >= 0.3 is 5.97 Å².